The standard InChI is InChI=1S/C27H42O3/c1-2-3-4-5-6-7-8-9-10-16-23-29-26-20-15-14-17-24(26)21-22-27(28)30-25-18-12-11-13-19-25/h14-15,17,20-22,25H,2-13,16,18-19,23H2,1H3. The number of rotatable bonds is 15. The Labute approximate surface area is 184 Å². The molecule has 1 aliphatic carbocycles. The minimum Gasteiger partial charge on any atom is -0.493 e. The van der Waals surface area contributed by atoms with Crippen LogP contribution in [-0.4, -0.2) is 18.7 Å². The van der Waals surface area contributed by atoms with Crippen LogP contribution >= 0.6 is 0 Å². The van der Waals surface area contributed by atoms with Gasteiger partial charge in [0, 0.05) is 11.6 Å². The molecular formula is C27H42O3. The van der Waals surface area contributed by atoms with Crippen LogP contribution in [0.4, 0.5) is 0 Å². The van der Waals surface area contributed by atoms with Crippen LogP contribution in [0.5, 0.6) is 5.75 Å². The molecule has 0 spiro atoms. The number of benzene rings is 1. The van der Waals surface area contributed by atoms with Gasteiger partial charge in [0.1, 0.15) is 11.9 Å². The molecule has 0 atom stereocenters. The van der Waals surface area contributed by atoms with Crippen molar-refractivity contribution in [1.29, 1.82) is 0 Å². The molecule has 1 saturated carbocycles. The van der Waals surface area contributed by atoms with Gasteiger partial charge >= 0.3 is 5.97 Å². The van der Waals surface area contributed by atoms with E-state index in [9.17, 15) is 4.79 Å². The van der Waals surface area contributed by atoms with Crippen molar-refractivity contribution in [2.24, 2.45) is 0 Å². The van der Waals surface area contributed by atoms with Gasteiger partial charge in [0.2, 0.25) is 0 Å². The van der Waals surface area contributed by atoms with E-state index in [1.165, 1.54) is 70.3 Å². The predicted octanol–water partition coefficient (Wildman–Crippen LogP) is 7.88. The highest BCUT2D eigenvalue weighted by molar-refractivity contribution is 5.87. The number of carbonyl (C=O) groups is 1. The third-order valence-corrected chi connectivity index (χ3v) is 5.91. The maximum absolute atomic E-state index is 12.1. The molecule has 0 N–H and O–H groups in total. The van der Waals surface area contributed by atoms with Gasteiger partial charge in [-0.25, -0.2) is 4.79 Å². The lowest BCUT2D eigenvalue weighted by Gasteiger charge is -2.20. The number of hydrogen-bond acceptors (Lipinski definition) is 3. The van der Waals surface area contributed by atoms with Gasteiger partial charge in [-0.3, -0.25) is 0 Å². The van der Waals surface area contributed by atoms with Crippen molar-refractivity contribution in [3.63, 3.8) is 0 Å². The number of ether oxygens (including phenoxy) is 2. The summed E-state index contributed by atoms with van der Waals surface area (Å²) >= 11 is 0. The highest BCUT2D eigenvalue weighted by Crippen LogP contribution is 2.22. The number of unbranched alkanes of at least 4 members (excludes halogenated alkanes) is 9. The summed E-state index contributed by atoms with van der Waals surface area (Å²) in [4.78, 5) is 12.1. The number of carbonyl (C=O) groups excluding carboxylic acids is 1. The summed E-state index contributed by atoms with van der Waals surface area (Å²) in [7, 11) is 0. The monoisotopic (exact) mass is 414 g/mol. The van der Waals surface area contributed by atoms with E-state index in [2.05, 4.69) is 6.92 Å². The Morgan fingerprint density at radius 1 is 0.900 bits per heavy atom. The number of hydrogen-bond donors (Lipinski definition) is 0. The number of para-hydroxylation sites is 1. The average molecular weight is 415 g/mol. The molecule has 3 nitrogen and oxygen atoms in total. The predicted molar refractivity (Wildman–Crippen MR) is 126 cm³/mol. The molecule has 168 valence electrons. The normalized spacial score (nSPS) is 14.8. The molecule has 0 unspecified atom stereocenters. The molecular weight excluding hydrogens is 372 g/mol. The van der Waals surface area contributed by atoms with Crippen LogP contribution in [0.3, 0.4) is 0 Å². The first-order valence-corrected chi connectivity index (χ1v) is 12.4. The van der Waals surface area contributed by atoms with Gasteiger partial charge in [0.25, 0.3) is 0 Å². The van der Waals surface area contributed by atoms with Crippen LogP contribution in [0, 0.1) is 0 Å². The average Bonchev–Trinajstić information content (AvgIpc) is 2.77. The van der Waals surface area contributed by atoms with Crippen LogP contribution in [-0.2, 0) is 9.53 Å². The van der Waals surface area contributed by atoms with Crippen molar-refractivity contribution in [2.75, 3.05) is 6.61 Å². The van der Waals surface area contributed by atoms with Crippen molar-refractivity contribution in [3.05, 3.63) is 35.9 Å². The van der Waals surface area contributed by atoms with Crippen molar-refractivity contribution in [2.45, 2.75) is 109 Å². The third kappa shape index (κ3) is 10.8. The van der Waals surface area contributed by atoms with Gasteiger partial charge in [0.15, 0.2) is 0 Å². The second-order valence-electron chi connectivity index (χ2n) is 8.60. The van der Waals surface area contributed by atoms with Gasteiger partial charge < -0.3 is 9.47 Å². The minimum atomic E-state index is -0.244. The summed E-state index contributed by atoms with van der Waals surface area (Å²) in [5.41, 5.74) is 0.935. The quantitative estimate of drug-likeness (QED) is 0.166. The van der Waals surface area contributed by atoms with E-state index in [1.54, 1.807) is 0 Å². The molecule has 1 aliphatic rings. The number of esters is 1. The van der Waals surface area contributed by atoms with Gasteiger partial charge in [-0.15, -0.1) is 0 Å². The van der Waals surface area contributed by atoms with E-state index in [0.29, 0.717) is 0 Å². The third-order valence-electron chi connectivity index (χ3n) is 5.91. The zero-order valence-corrected chi connectivity index (χ0v) is 19.1. The van der Waals surface area contributed by atoms with E-state index >= 15 is 0 Å². The minimum absolute atomic E-state index is 0.0961. The lowest BCUT2D eigenvalue weighted by Crippen LogP contribution is -2.19. The summed E-state index contributed by atoms with van der Waals surface area (Å²) in [5.74, 6) is 0.599. The molecule has 1 aromatic rings. The van der Waals surface area contributed by atoms with E-state index in [4.69, 9.17) is 9.47 Å². The summed E-state index contributed by atoms with van der Waals surface area (Å²) in [6.45, 7) is 3.00. The van der Waals surface area contributed by atoms with E-state index in [0.717, 1.165) is 50.0 Å². The smallest absolute Gasteiger partial charge is 0.331 e. The SMILES string of the molecule is CCCCCCCCCCCCOc1ccccc1C=CC(=O)OC1CCCCC1. The fourth-order valence-electron chi connectivity index (χ4n) is 4.07. The first kappa shape index (κ1) is 24.5. The first-order chi connectivity index (χ1) is 14.8. The van der Waals surface area contributed by atoms with Gasteiger partial charge in [-0.2, -0.15) is 0 Å². The Kier molecular flexibility index (Phi) is 13.1. The Morgan fingerprint density at radius 3 is 2.23 bits per heavy atom. The molecule has 30 heavy (non-hydrogen) atoms. The molecule has 0 amide bonds. The topological polar surface area (TPSA) is 35.5 Å². The second-order valence-corrected chi connectivity index (χ2v) is 8.60. The van der Waals surface area contributed by atoms with Gasteiger partial charge in [-0.1, -0.05) is 89.3 Å². The molecule has 0 aromatic heterocycles. The Balaban J connectivity index is 1.60. The van der Waals surface area contributed by atoms with Crippen LogP contribution in [0.1, 0.15) is 109 Å². The fraction of sp³-hybridized carbons (Fsp3) is 0.667. The Bertz CT molecular complexity index is 602. The maximum Gasteiger partial charge on any atom is 0.331 e. The summed E-state index contributed by atoms with van der Waals surface area (Å²) in [6, 6.07) is 7.91. The largest absolute Gasteiger partial charge is 0.493 e. The second kappa shape index (κ2) is 16.0. The van der Waals surface area contributed by atoms with Crippen molar-refractivity contribution in [3.8, 4) is 5.75 Å². The molecule has 0 radical (unpaired) electrons. The maximum atomic E-state index is 12.1. The van der Waals surface area contributed by atoms with Crippen LogP contribution in [0.15, 0.2) is 30.3 Å². The molecule has 0 heterocycles. The van der Waals surface area contributed by atoms with Crippen molar-refractivity contribution in [1.82, 2.24) is 0 Å². The fourth-order valence-corrected chi connectivity index (χ4v) is 4.07. The van der Waals surface area contributed by atoms with E-state index in [-0.39, 0.29) is 12.1 Å². The van der Waals surface area contributed by atoms with Crippen LogP contribution < -0.4 is 4.74 Å². The Hall–Kier alpha value is -1.77. The van der Waals surface area contributed by atoms with Crippen LogP contribution in [0.25, 0.3) is 6.08 Å². The highest BCUT2D eigenvalue weighted by atomic mass is 16.5. The zero-order chi connectivity index (χ0) is 21.3. The first-order valence-electron chi connectivity index (χ1n) is 12.4. The molecule has 1 aromatic carbocycles. The molecule has 0 aliphatic heterocycles. The lowest BCUT2D eigenvalue weighted by atomic mass is 9.98. The zero-order valence-electron chi connectivity index (χ0n) is 19.1. The van der Waals surface area contributed by atoms with E-state index < -0.39 is 0 Å². The summed E-state index contributed by atoms with van der Waals surface area (Å²) < 4.78 is 11.5. The Morgan fingerprint density at radius 2 is 1.53 bits per heavy atom. The molecule has 2 rings (SSSR count). The van der Waals surface area contributed by atoms with Gasteiger partial charge in [-0.05, 0) is 44.2 Å². The van der Waals surface area contributed by atoms with E-state index in [1.807, 2.05) is 30.3 Å². The van der Waals surface area contributed by atoms with Crippen LogP contribution in [0.2, 0.25) is 0 Å². The van der Waals surface area contributed by atoms with Crippen molar-refractivity contribution >= 4 is 12.0 Å². The summed E-state index contributed by atoms with van der Waals surface area (Å²) in [5, 5.41) is 0. The lowest BCUT2D eigenvalue weighted by molar-refractivity contribution is -0.144. The van der Waals surface area contributed by atoms with Gasteiger partial charge in [0.05, 0.1) is 6.61 Å². The highest BCUT2D eigenvalue weighted by Gasteiger charge is 2.16. The summed E-state index contributed by atoms with van der Waals surface area (Å²) in [6.07, 6.45) is 22.2. The van der Waals surface area contributed by atoms with Crippen molar-refractivity contribution < 1.29 is 14.3 Å². The molecule has 1 fully saturated rings. The molecule has 0 saturated heterocycles. The molecule has 3 heteroatoms. The molecule has 0 bridgehead atoms.